The van der Waals surface area contributed by atoms with Gasteiger partial charge in [0, 0.05) is 50.4 Å². The molecule has 1 aromatic carbocycles. The van der Waals surface area contributed by atoms with Gasteiger partial charge in [-0.3, -0.25) is 4.79 Å². The van der Waals surface area contributed by atoms with Gasteiger partial charge >= 0.3 is 0 Å². The van der Waals surface area contributed by atoms with E-state index in [-0.39, 0.29) is 5.91 Å². The Morgan fingerprint density at radius 2 is 1.84 bits per heavy atom. The number of anilines is 3. The van der Waals surface area contributed by atoms with Crippen LogP contribution in [0.1, 0.15) is 50.9 Å². The SMILES string of the molecule is CCN(CC)c1ccc(NC(=O)CCc2nnc3ccc(N4CCCCC4)nn23)c(C)c1. The minimum absolute atomic E-state index is 0.0346. The quantitative estimate of drug-likeness (QED) is 0.579. The van der Waals surface area contributed by atoms with Crippen LogP contribution in [0.15, 0.2) is 30.3 Å². The average Bonchev–Trinajstić information content (AvgIpc) is 3.23. The molecule has 0 radical (unpaired) electrons. The normalized spacial score (nSPS) is 14.0. The average molecular weight is 436 g/mol. The molecule has 0 atom stereocenters. The van der Waals surface area contributed by atoms with Crippen molar-refractivity contribution in [3.05, 3.63) is 41.7 Å². The molecule has 32 heavy (non-hydrogen) atoms. The van der Waals surface area contributed by atoms with E-state index in [0.29, 0.717) is 24.3 Å². The highest BCUT2D eigenvalue weighted by Gasteiger charge is 2.16. The monoisotopic (exact) mass is 435 g/mol. The summed E-state index contributed by atoms with van der Waals surface area (Å²) in [6.45, 7) is 10.3. The lowest BCUT2D eigenvalue weighted by molar-refractivity contribution is -0.116. The van der Waals surface area contributed by atoms with Crippen molar-refractivity contribution < 1.29 is 4.79 Å². The maximum absolute atomic E-state index is 12.6. The van der Waals surface area contributed by atoms with E-state index in [9.17, 15) is 4.79 Å². The van der Waals surface area contributed by atoms with E-state index in [1.54, 1.807) is 4.52 Å². The lowest BCUT2D eigenvalue weighted by atomic mass is 10.1. The van der Waals surface area contributed by atoms with E-state index in [1.807, 2.05) is 25.1 Å². The van der Waals surface area contributed by atoms with Crippen LogP contribution in [0.25, 0.3) is 5.65 Å². The zero-order chi connectivity index (χ0) is 22.5. The number of carbonyl (C=O) groups is 1. The maximum Gasteiger partial charge on any atom is 0.224 e. The smallest absolute Gasteiger partial charge is 0.224 e. The fourth-order valence-electron chi connectivity index (χ4n) is 4.28. The van der Waals surface area contributed by atoms with Gasteiger partial charge in [-0.15, -0.1) is 15.3 Å². The van der Waals surface area contributed by atoms with Crippen LogP contribution < -0.4 is 15.1 Å². The molecule has 3 aromatic rings. The number of piperidine rings is 1. The Kier molecular flexibility index (Phi) is 6.87. The summed E-state index contributed by atoms with van der Waals surface area (Å²) < 4.78 is 1.78. The number of benzene rings is 1. The van der Waals surface area contributed by atoms with Gasteiger partial charge in [0.15, 0.2) is 11.5 Å². The standard InChI is InChI=1S/C24H33N7O/c1-4-29(5-2)19-9-10-20(18(3)17-19)25-24(32)14-13-22-27-26-21-11-12-23(28-31(21)22)30-15-7-6-8-16-30/h9-12,17H,4-8,13-16H2,1-3H3,(H,25,32). The highest BCUT2D eigenvalue weighted by atomic mass is 16.1. The van der Waals surface area contributed by atoms with Crippen molar-refractivity contribution in [1.29, 1.82) is 0 Å². The van der Waals surface area contributed by atoms with Gasteiger partial charge in [0.05, 0.1) is 0 Å². The van der Waals surface area contributed by atoms with Gasteiger partial charge < -0.3 is 15.1 Å². The van der Waals surface area contributed by atoms with Gasteiger partial charge in [-0.05, 0) is 75.9 Å². The van der Waals surface area contributed by atoms with Crippen molar-refractivity contribution in [3.63, 3.8) is 0 Å². The molecule has 1 fully saturated rings. The number of nitrogens with zero attached hydrogens (tertiary/aromatic N) is 6. The minimum Gasteiger partial charge on any atom is -0.372 e. The van der Waals surface area contributed by atoms with E-state index in [1.165, 1.54) is 24.9 Å². The Balaban J connectivity index is 1.40. The molecule has 2 aromatic heterocycles. The fourth-order valence-corrected chi connectivity index (χ4v) is 4.28. The molecular formula is C24H33N7O. The predicted molar refractivity (Wildman–Crippen MR) is 129 cm³/mol. The van der Waals surface area contributed by atoms with E-state index in [4.69, 9.17) is 5.10 Å². The Morgan fingerprint density at radius 1 is 1.06 bits per heavy atom. The summed E-state index contributed by atoms with van der Waals surface area (Å²) in [5.74, 6) is 1.63. The number of carbonyl (C=O) groups excluding carboxylic acids is 1. The van der Waals surface area contributed by atoms with Crippen LogP contribution in [0.4, 0.5) is 17.2 Å². The lowest BCUT2D eigenvalue weighted by Gasteiger charge is -2.27. The molecule has 0 bridgehead atoms. The summed E-state index contributed by atoms with van der Waals surface area (Å²) in [5.41, 5.74) is 3.80. The Labute approximate surface area is 189 Å². The zero-order valence-corrected chi connectivity index (χ0v) is 19.3. The topological polar surface area (TPSA) is 78.7 Å². The number of amides is 1. The third-order valence-electron chi connectivity index (χ3n) is 6.18. The van der Waals surface area contributed by atoms with Crippen molar-refractivity contribution in [3.8, 4) is 0 Å². The third kappa shape index (κ3) is 4.84. The number of aromatic nitrogens is 4. The number of hydrogen-bond donors (Lipinski definition) is 1. The first-order chi connectivity index (χ1) is 15.6. The summed E-state index contributed by atoms with van der Waals surface area (Å²) in [7, 11) is 0. The summed E-state index contributed by atoms with van der Waals surface area (Å²) in [6.07, 6.45) is 4.49. The second kappa shape index (κ2) is 9.97. The van der Waals surface area contributed by atoms with Crippen LogP contribution in [0, 0.1) is 6.92 Å². The number of rotatable bonds is 8. The van der Waals surface area contributed by atoms with Crippen molar-refractivity contribution in [1.82, 2.24) is 19.8 Å². The summed E-state index contributed by atoms with van der Waals surface area (Å²) >= 11 is 0. The number of fused-ring (bicyclic) bond motifs is 1. The molecule has 3 heterocycles. The molecule has 4 rings (SSSR count). The van der Waals surface area contributed by atoms with Gasteiger partial charge in [0.2, 0.25) is 5.91 Å². The molecule has 8 heteroatoms. The molecule has 1 aliphatic heterocycles. The molecule has 1 amide bonds. The first-order valence-corrected chi connectivity index (χ1v) is 11.7. The predicted octanol–water partition coefficient (Wildman–Crippen LogP) is 3.84. The second-order valence-corrected chi connectivity index (χ2v) is 8.35. The van der Waals surface area contributed by atoms with E-state index < -0.39 is 0 Å². The fraction of sp³-hybridized carbons (Fsp3) is 0.500. The van der Waals surface area contributed by atoms with Crippen LogP contribution in [-0.4, -0.2) is 51.9 Å². The number of aryl methyl sites for hydroxylation is 2. The highest BCUT2D eigenvalue weighted by molar-refractivity contribution is 5.91. The van der Waals surface area contributed by atoms with Crippen LogP contribution in [0.2, 0.25) is 0 Å². The van der Waals surface area contributed by atoms with Crippen molar-refractivity contribution >= 4 is 28.7 Å². The van der Waals surface area contributed by atoms with Crippen LogP contribution in [-0.2, 0) is 11.2 Å². The number of hydrogen-bond acceptors (Lipinski definition) is 6. The Morgan fingerprint density at radius 3 is 2.56 bits per heavy atom. The Bertz CT molecular complexity index is 1070. The minimum atomic E-state index is -0.0346. The first kappa shape index (κ1) is 22.0. The van der Waals surface area contributed by atoms with Crippen LogP contribution in [0.5, 0.6) is 0 Å². The van der Waals surface area contributed by atoms with Crippen molar-refractivity contribution in [2.24, 2.45) is 0 Å². The highest BCUT2D eigenvalue weighted by Crippen LogP contribution is 2.23. The molecule has 1 N–H and O–H groups in total. The van der Waals surface area contributed by atoms with Crippen molar-refractivity contribution in [2.45, 2.75) is 52.9 Å². The first-order valence-electron chi connectivity index (χ1n) is 11.7. The van der Waals surface area contributed by atoms with Gasteiger partial charge in [-0.2, -0.15) is 4.52 Å². The molecule has 8 nitrogen and oxygen atoms in total. The van der Waals surface area contributed by atoms with E-state index in [2.05, 4.69) is 51.3 Å². The van der Waals surface area contributed by atoms with Crippen LogP contribution in [0.3, 0.4) is 0 Å². The molecule has 0 saturated carbocycles. The number of nitrogens with one attached hydrogen (secondary N) is 1. The second-order valence-electron chi connectivity index (χ2n) is 8.35. The molecule has 170 valence electrons. The molecular weight excluding hydrogens is 402 g/mol. The van der Waals surface area contributed by atoms with E-state index in [0.717, 1.165) is 43.2 Å². The zero-order valence-electron chi connectivity index (χ0n) is 19.3. The van der Waals surface area contributed by atoms with Gasteiger partial charge in [0.25, 0.3) is 0 Å². The Hall–Kier alpha value is -3.16. The molecule has 1 aliphatic rings. The van der Waals surface area contributed by atoms with Crippen LogP contribution >= 0.6 is 0 Å². The summed E-state index contributed by atoms with van der Waals surface area (Å²) in [4.78, 5) is 17.2. The molecule has 0 aliphatic carbocycles. The largest absolute Gasteiger partial charge is 0.372 e. The van der Waals surface area contributed by atoms with Gasteiger partial charge in [-0.25, -0.2) is 0 Å². The van der Waals surface area contributed by atoms with Gasteiger partial charge in [-0.1, -0.05) is 0 Å². The molecule has 1 saturated heterocycles. The molecule has 0 unspecified atom stereocenters. The maximum atomic E-state index is 12.6. The third-order valence-corrected chi connectivity index (χ3v) is 6.18. The summed E-state index contributed by atoms with van der Waals surface area (Å²) in [5, 5.41) is 16.3. The molecule has 0 spiro atoms. The van der Waals surface area contributed by atoms with Crippen molar-refractivity contribution in [2.75, 3.05) is 41.3 Å². The summed E-state index contributed by atoms with van der Waals surface area (Å²) in [6, 6.07) is 10.1. The van der Waals surface area contributed by atoms with E-state index >= 15 is 0 Å². The van der Waals surface area contributed by atoms with Gasteiger partial charge in [0.1, 0.15) is 5.82 Å². The lowest BCUT2D eigenvalue weighted by Crippen LogP contribution is -2.30.